The molecule has 3 aromatic rings. The molecule has 0 radical (unpaired) electrons. The lowest BCUT2D eigenvalue weighted by molar-refractivity contribution is 0.0366. The molecule has 1 saturated carbocycles. The molecular formula is C30H35FN4O. The van der Waals surface area contributed by atoms with Crippen molar-refractivity contribution in [1.82, 2.24) is 4.90 Å². The number of nitrogens with zero attached hydrogens (tertiary/aromatic N) is 3. The van der Waals surface area contributed by atoms with Gasteiger partial charge in [0.25, 0.3) is 0 Å². The van der Waals surface area contributed by atoms with Gasteiger partial charge in [-0.1, -0.05) is 43.3 Å². The average molecular weight is 487 g/mol. The van der Waals surface area contributed by atoms with E-state index in [1.54, 1.807) is 12.1 Å². The van der Waals surface area contributed by atoms with Gasteiger partial charge >= 0.3 is 6.03 Å². The molecule has 2 fully saturated rings. The Balaban J connectivity index is 1.46. The Morgan fingerprint density at radius 2 is 1.44 bits per heavy atom. The highest BCUT2D eigenvalue weighted by molar-refractivity contribution is 6.02. The number of anilines is 3. The highest BCUT2D eigenvalue weighted by Crippen LogP contribution is 2.42. The van der Waals surface area contributed by atoms with Gasteiger partial charge in [0.2, 0.25) is 0 Å². The Morgan fingerprint density at radius 1 is 0.861 bits per heavy atom. The van der Waals surface area contributed by atoms with E-state index in [1.165, 1.54) is 17.8 Å². The van der Waals surface area contributed by atoms with E-state index in [0.717, 1.165) is 57.5 Å². The molecule has 2 aliphatic rings. The Labute approximate surface area is 213 Å². The first-order chi connectivity index (χ1) is 17.5. The van der Waals surface area contributed by atoms with Gasteiger partial charge in [0.05, 0.1) is 0 Å². The number of urea groups is 1. The van der Waals surface area contributed by atoms with Gasteiger partial charge in [-0.15, -0.1) is 0 Å². The van der Waals surface area contributed by atoms with Crippen molar-refractivity contribution in [3.8, 4) is 0 Å². The summed E-state index contributed by atoms with van der Waals surface area (Å²) < 4.78 is 13.5. The van der Waals surface area contributed by atoms with Crippen LogP contribution in [-0.2, 0) is 0 Å². The van der Waals surface area contributed by atoms with Gasteiger partial charge in [0, 0.05) is 43.2 Å². The minimum Gasteiger partial charge on any atom is -0.369 e. The predicted octanol–water partition coefficient (Wildman–Crippen LogP) is 6.59. The zero-order valence-electron chi connectivity index (χ0n) is 20.9. The molecule has 188 valence electrons. The van der Waals surface area contributed by atoms with Gasteiger partial charge in [-0.25, -0.2) is 9.18 Å². The minimum atomic E-state index is -0.416. The third-order valence-corrected chi connectivity index (χ3v) is 7.79. The average Bonchev–Trinajstić information content (AvgIpc) is 2.93. The number of para-hydroxylation sites is 2. The van der Waals surface area contributed by atoms with Crippen molar-refractivity contribution < 1.29 is 9.18 Å². The number of carbonyl (C=O) groups excluding carboxylic acids is 1. The van der Waals surface area contributed by atoms with E-state index in [4.69, 9.17) is 0 Å². The van der Waals surface area contributed by atoms with E-state index in [0.29, 0.717) is 11.6 Å². The molecule has 6 heteroatoms. The van der Waals surface area contributed by atoms with Crippen LogP contribution in [0.3, 0.4) is 0 Å². The molecule has 0 spiro atoms. The summed E-state index contributed by atoms with van der Waals surface area (Å²) in [7, 11) is 0. The Morgan fingerprint density at radius 3 is 2.06 bits per heavy atom. The van der Waals surface area contributed by atoms with Gasteiger partial charge in [-0.3, -0.25) is 9.80 Å². The Kier molecular flexibility index (Phi) is 7.23. The van der Waals surface area contributed by atoms with Crippen molar-refractivity contribution >= 4 is 23.1 Å². The summed E-state index contributed by atoms with van der Waals surface area (Å²) in [6.07, 6.45) is 3.99. The topological polar surface area (TPSA) is 38.8 Å². The number of hydrogen-bond acceptors (Lipinski definition) is 3. The number of piperazine rings is 1. The zero-order valence-corrected chi connectivity index (χ0v) is 20.9. The van der Waals surface area contributed by atoms with E-state index in [1.807, 2.05) is 35.2 Å². The van der Waals surface area contributed by atoms with Crippen LogP contribution in [0.25, 0.3) is 0 Å². The van der Waals surface area contributed by atoms with E-state index in [2.05, 4.69) is 52.4 Å². The molecule has 1 N–H and O–H groups in total. The molecule has 1 aliphatic carbocycles. The molecule has 3 aromatic carbocycles. The molecule has 1 saturated heterocycles. The van der Waals surface area contributed by atoms with Crippen LogP contribution in [0.2, 0.25) is 0 Å². The van der Waals surface area contributed by atoms with Crippen molar-refractivity contribution in [2.24, 2.45) is 5.92 Å². The number of carbonyl (C=O) groups is 1. The van der Waals surface area contributed by atoms with Crippen LogP contribution in [0.5, 0.6) is 0 Å². The van der Waals surface area contributed by atoms with Crippen LogP contribution in [0, 0.1) is 11.7 Å². The molecule has 1 heterocycles. The first kappa shape index (κ1) is 24.3. The fourth-order valence-electron chi connectivity index (χ4n) is 5.76. The highest BCUT2D eigenvalue weighted by atomic mass is 19.1. The summed E-state index contributed by atoms with van der Waals surface area (Å²) in [5, 5.41) is 3.06. The molecule has 5 rings (SSSR count). The fourth-order valence-corrected chi connectivity index (χ4v) is 5.76. The van der Waals surface area contributed by atoms with Crippen molar-refractivity contribution in [1.29, 1.82) is 0 Å². The van der Waals surface area contributed by atoms with Crippen LogP contribution >= 0.6 is 0 Å². The lowest BCUT2D eigenvalue weighted by Crippen LogP contribution is -2.68. The van der Waals surface area contributed by atoms with Gasteiger partial charge in [-0.05, 0) is 80.1 Å². The van der Waals surface area contributed by atoms with Crippen LogP contribution in [0.1, 0.15) is 32.6 Å². The first-order valence-corrected chi connectivity index (χ1v) is 13.0. The monoisotopic (exact) mass is 486 g/mol. The largest absolute Gasteiger partial charge is 0.369 e. The maximum absolute atomic E-state index is 14.0. The number of halogens is 1. The van der Waals surface area contributed by atoms with Crippen molar-refractivity contribution in [3.63, 3.8) is 0 Å². The standard InChI is InChI=1S/C30H35FN4O/c1-24-16-18-30(19-17-24,34-22-20-33(21-23-34)27-8-4-2-5-9-27)35(28-10-6-3-7-11-28)29(36)32-26-14-12-25(31)13-15-26/h2-15,24H,16-23H2,1H3,(H,32,36). The fraction of sp³-hybridized carbons (Fsp3) is 0.367. The van der Waals surface area contributed by atoms with Crippen LogP contribution in [0.4, 0.5) is 26.2 Å². The van der Waals surface area contributed by atoms with Crippen LogP contribution in [-0.4, -0.2) is 42.8 Å². The van der Waals surface area contributed by atoms with Crippen LogP contribution in [0.15, 0.2) is 84.9 Å². The summed E-state index contributed by atoms with van der Waals surface area (Å²) in [6.45, 7) is 5.92. The van der Waals surface area contributed by atoms with Crippen LogP contribution < -0.4 is 15.1 Å². The lowest BCUT2D eigenvalue weighted by Gasteiger charge is -2.55. The molecule has 0 atom stereocenters. The zero-order chi connectivity index (χ0) is 25.0. The lowest BCUT2D eigenvalue weighted by atomic mass is 9.80. The molecule has 2 amide bonds. The van der Waals surface area contributed by atoms with Gasteiger partial charge in [0.15, 0.2) is 0 Å². The maximum Gasteiger partial charge on any atom is 0.327 e. The summed E-state index contributed by atoms with van der Waals surface area (Å²) in [4.78, 5) is 21.0. The normalized spacial score (nSPS) is 22.7. The minimum absolute atomic E-state index is 0.173. The van der Waals surface area contributed by atoms with Crippen molar-refractivity contribution in [2.45, 2.75) is 38.3 Å². The second-order valence-electron chi connectivity index (χ2n) is 10.1. The van der Waals surface area contributed by atoms with Crippen molar-refractivity contribution in [2.75, 3.05) is 41.3 Å². The third kappa shape index (κ3) is 5.09. The number of hydrogen-bond donors (Lipinski definition) is 1. The molecule has 1 aliphatic heterocycles. The highest BCUT2D eigenvalue weighted by Gasteiger charge is 2.48. The SMILES string of the molecule is CC1CCC(N2CCN(c3ccccc3)CC2)(N(C(=O)Nc2ccc(F)cc2)c2ccccc2)CC1. The van der Waals surface area contributed by atoms with Gasteiger partial charge in [0.1, 0.15) is 11.5 Å². The Hall–Kier alpha value is -3.38. The maximum atomic E-state index is 14.0. The molecule has 5 nitrogen and oxygen atoms in total. The molecule has 36 heavy (non-hydrogen) atoms. The second kappa shape index (κ2) is 10.7. The van der Waals surface area contributed by atoms with E-state index < -0.39 is 5.66 Å². The summed E-state index contributed by atoms with van der Waals surface area (Å²) >= 11 is 0. The number of benzene rings is 3. The van der Waals surface area contributed by atoms with E-state index in [-0.39, 0.29) is 11.8 Å². The quantitative estimate of drug-likeness (QED) is 0.442. The van der Waals surface area contributed by atoms with Gasteiger partial charge < -0.3 is 10.2 Å². The second-order valence-corrected chi connectivity index (χ2v) is 10.1. The molecule has 0 aromatic heterocycles. The first-order valence-electron chi connectivity index (χ1n) is 13.0. The molecular weight excluding hydrogens is 451 g/mol. The van der Waals surface area contributed by atoms with Crippen molar-refractivity contribution in [3.05, 3.63) is 90.7 Å². The number of amides is 2. The predicted molar refractivity (Wildman–Crippen MR) is 145 cm³/mol. The number of rotatable bonds is 5. The summed E-state index contributed by atoms with van der Waals surface area (Å²) in [6, 6.07) is 26.4. The summed E-state index contributed by atoms with van der Waals surface area (Å²) in [5.74, 6) is 0.323. The third-order valence-electron chi connectivity index (χ3n) is 7.79. The van der Waals surface area contributed by atoms with Gasteiger partial charge in [-0.2, -0.15) is 0 Å². The molecule has 0 bridgehead atoms. The Bertz CT molecular complexity index is 1120. The van der Waals surface area contributed by atoms with E-state index >= 15 is 0 Å². The van der Waals surface area contributed by atoms with E-state index in [9.17, 15) is 9.18 Å². The molecule has 0 unspecified atom stereocenters. The number of nitrogens with one attached hydrogen (secondary N) is 1. The summed E-state index contributed by atoms with van der Waals surface area (Å²) in [5.41, 5.74) is 2.31. The smallest absolute Gasteiger partial charge is 0.327 e.